The number of ether oxygens (including phenoxy) is 1. The molecule has 4 heteroatoms. The van der Waals surface area contributed by atoms with Gasteiger partial charge in [0.2, 0.25) is 5.88 Å². The zero-order valence-electron chi connectivity index (χ0n) is 12.5. The minimum atomic E-state index is 0.300. The Bertz CT molecular complexity index is 425. The zero-order valence-corrected chi connectivity index (χ0v) is 13.2. The van der Waals surface area contributed by atoms with Gasteiger partial charge in [0.15, 0.2) is 0 Å². The van der Waals surface area contributed by atoms with E-state index in [0.29, 0.717) is 29.5 Å². The molecule has 0 aliphatic heterocycles. The minimum Gasteiger partial charge on any atom is -0.474 e. The smallest absolute Gasteiger partial charge is 0.213 e. The van der Waals surface area contributed by atoms with Gasteiger partial charge in [-0.25, -0.2) is 4.98 Å². The molecule has 0 saturated heterocycles. The molecule has 0 spiro atoms. The Hall–Kier alpha value is -0.800. The molecule has 2 atom stereocenters. The Balaban J connectivity index is 1.98. The second-order valence-corrected chi connectivity index (χ2v) is 6.08. The van der Waals surface area contributed by atoms with Gasteiger partial charge >= 0.3 is 0 Å². The summed E-state index contributed by atoms with van der Waals surface area (Å²) >= 11 is 6.19. The number of halogens is 1. The lowest BCUT2D eigenvalue weighted by atomic mass is 9.88. The lowest BCUT2D eigenvalue weighted by Crippen LogP contribution is -2.28. The number of pyridine rings is 1. The van der Waals surface area contributed by atoms with Crippen molar-refractivity contribution in [3.8, 4) is 5.88 Å². The van der Waals surface area contributed by atoms with E-state index in [9.17, 15) is 0 Å². The van der Waals surface area contributed by atoms with Crippen molar-refractivity contribution in [3.63, 3.8) is 0 Å². The third-order valence-corrected chi connectivity index (χ3v) is 4.26. The molecule has 1 aromatic heterocycles. The third-order valence-electron chi connectivity index (χ3n) is 3.92. The van der Waals surface area contributed by atoms with E-state index in [1.807, 2.05) is 12.1 Å². The topological polar surface area (TPSA) is 34.2 Å². The highest BCUT2D eigenvalue weighted by molar-refractivity contribution is 6.31. The van der Waals surface area contributed by atoms with E-state index in [-0.39, 0.29) is 0 Å². The van der Waals surface area contributed by atoms with Crippen LogP contribution in [0.1, 0.15) is 51.6 Å². The molecule has 1 aliphatic carbocycles. The summed E-state index contributed by atoms with van der Waals surface area (Å²) in [6.07, 6.45) is 6.37. The standard InChI is InChI=1S/C16H25ClN2O/c1-3-10-18-11-14-13(17)8-9-16(19-14)20-15-7-5-4-6-12(15)2/h8-9,12,15,18H,3-7,10-11H2,1-2H3. The van der Waals surface area contributed by atoms with Crippen molar-refractivity contribution >= 4 is 11.6 Å². The number of rotatable bonds is 6. The highest BCUT2D eigenvalue weighted by Crippen LogP contribution is 2.28. The van der Waals surface area contributed by atoms with E-state index in [0.717, 1.165) is 25.1 Å². The van der Waals surface area contributed by atoms with Gasteiger partial charge in [-0.3, -0.25) is 0 Å². The molecule has 0 aromatic carbocycles. The predicted octanol–water partition coefficient (Wildman–Crippen LogP) is 4.19. The first-order chi connectivity index (χ1) is 9.70. The molecule has 1 heterocycles. The van der Waals surface area contributed by atoms with Crippen molar-refractivity contribution in [2.45, 2.75) is 58.6 Å². The Morgan fingerprint density at radius 2 is 2.15 bits per heavy atom. The zero-order chi connectivity index (χ0) is 14.4. The quantitative estimate of drug-likeness (QED) is 0.799. The molecular formula is C16H25ClN2O. The molecule has 1 saturated carbocycles. The highest BCUT2D eigenvalue weighted by Gasteiger charge is 2.23. The van der Waals surface area contributed by atoms with Crippen LogP contribution in [0.2, 0.25) is 5.02 Å². The molecule has 2 unspecified atom stereocenters. The van der Waals surface area contributed by atoms with Gasteiger partial charge < -0.3 is 10.1 Å². The van der Waals surface area contributed by atoms with E-state index in [1.165, 1.54) is 19.3 Å². The number of aromatic nitrogens is 1. The van der Waals surface area contributed by atoms with E-state index in [2.05, 4.69) is 24.1 Å². The van der Waals surface area contributed by atoms with Gasteiger partial charge in [-0.15, -0.1) is 0 Å². The van der Waals surface area contributed by atoms with Crippen molar-refractivity contribution < 1.29 is 4.74 Å². The maximum absolute atomic E-state index is 6.19. The average molecular weight is 297 g/mol. The fourth-order valence-electron chi connectivity index (χ4n) is 2.65. The van der Waals surface area contributed by atoms with Gasteiger partial charge in [0.25, 0.3) is 0 Å². The Morgan fingerprint density at radius 1 is 1.35 bits per heavy atom. The van der Waals surface area contributed by atoms with Crippen LogP contribution in [0.15, 0.2) is 12.1 Å². The first-order valence-corrected chi connectivity index (χ1v) is 8.11. The van der Waals surface area contributed by atoms with Crippen LogP contribution in [-0.4, -0.2) is 17.6 Å². The number of hydrogen-bond acceptors (Lipinski definition) is 3. The molecule has 1 aromatic rings. The van der Waals surface area contributed by atoms with Crippen LogP contribution in [0, 0.1) is 5.92 Å². The minimum absolute atomic E-state index is 0.300. The molecule has 1 aliphatic rings. The van der Waals surface area contributed by atoms with Gasteiger partial charge in [-0.05, 0) is 44.2 Å². The molecule has 2 rings (SSSR count). The first-order valence-electron chi connectivity index (χ1n) is 7.73. The monoisotopic (exact) mass is 296 g/mol. The number of nitrogens with zero attached hydrogens (tertiary/aromatic N) is 1. The molecule has 0 amide bonds. The summed E-state index contributed by atoms with van der Waals surface area (Å²) < 4.78 is 6.07. The maximum Gasteiger partial charge on any atom is 0.213 e. The van der Waals surface area contributed by atoms with Crippen molar-refractivity contribution in [2.75, 3.05) is 6.54 Å². The number of nitrogens with one attached hydrogen (secondary N) is 1. The Kier molecular flexibility index (Phi) is 6.11. The molecule has 1 fully saturated rings. The van der Waals surface area contributed by atoms with Crippen molar-refractivity contribution in [2.24, 2.45) is 5.92 Å². The molecule has 20 heavy (non-hydrogen) atoms. The van der Waals surface area contributed by atoms with E-state index in [4.69, 9.17) is 16.3 Å². The Morgan fingerprint density at radius 3 is 2.90 bits per heavy atom. The lowest BCUT2D eigenvalue weighted by molar-refractivity contribution is 0.0973. The van der Waals surface area contributed by atoms with Crippen LogP contribution < -0.4 is 10.1 Å². The van der Waals surface area contributed by atoms with Crippen LogP contribution in [0.25, 0.3) is 0 Å². The van der Waals surface area contributed by atoms with Crippen LogP contribution in [-0.2, 0) is 6.54 Å². The third kappa shape index (κ3) is 4.35. The van der Waals surface area contributed by atoms with Crippen molar-refractivity contribution in [3.05, 3.63) is 22.8 Å². The summed E-state index contributed by atoms with van der Waals surface area (Å²) in [5, 5.41) is 4.04. The summed E-state index contributed by atoms with van der Waals surface area (Å²) in [4.78, 5) is 4.56. The maximum atomic E-state index is 6.19. The van der Waals surface area contributed by atoms with Crippen LogP contribution in [0.5, 0.6) is 5.88 Å². The normalized spacial score (nSPS) is 22.8. The predicted molar refractivity (Wildman–Crippen MR) is 83.3 cm³/mol. The lowest BCUT2D eigenvalue weighted by Gasteiger charge is -2.28. The summed E-state index contributed by atoms with van der Waals surface area (Å²) in [5.74, 6) is 1.32. The van der Waals surface area contributed by atoms with Gasteiger partial charge in [-0.2, -0.15) is 0 Å². The fourth-order valence-corrected chi connectivity index (χ4v) is 2.82. The van der Waals surface area contributed by atoms with Gasteiger partial charge in [0.1, 0.15) is 6.10 Å². The second kappa shape index (κ2) is 7.84. The fraction of sp³-hybridized carbons (Fsp3) is 0.688. The van der Waals surface area contributed by atoms with Crippen LogP contribution >= 0.6 is 11.6 Å². The summed E-state index contributed by atoms with van der Waals surface area (Å²) in [7, 11) is 0. The largest absolute Gasteiger partial charge is 0.474 e. The highest BCUT2D eigenvalue weighted by atomic mass is 35.5. The first kappa shape index (κ1) is 15.6. The van der Waals surface area contributed by atoms with Crippen LogP contribution in [0.4, 0.5) is 0 Å². The second-order valence-electron chi connectivity index (χ2n) is 5.67. The molecule has 0 bridgehead atoms. The molecule has 1 N–H and O–H groups in total. The van der Waals surface area contributed by atoms with Crippen molar-refractivity contribution in [1.29, 1.82) is 0 Å². The van der Waals surface area contributed by atoms with Crippen molar-refractivity contribution in [1.82, 2.24) is 10.3 Å². The van der Waals surface area contributed by atoms with Gasteiger partial charge in [-0.1, -0.05) is 31.9 Å². The van der Waals surface area contributed by atoms with Crippen LogP contribution in [0.3, 0.4) is 0 Å². The van der Waals surface area contributed by atoms with E-state index < -0.39 is 0 Å². The number of hydrogen-bond donors (Lipinski definition) is 1. The molecular weight excluding hydrogens is 272 g/mol. The van der Waals surface area contributed by atoms with Gasteiger partial charge in [0.05, 0.1) is 10.7 Å². The summed E-state index contributed by atoms with van der Waals surface area (Å²) in [6.45, 7) is 6.09. The summed E-state index contributed by atoms with van der Waals surface area (Å²) in [6, 6.07) is 3.77. The molecule has 0 radical (unpaired) electrons. The van der Waals surface area contributed by atoms with Gasteiger partial charge in [0, 0.05) is 12.6 Å². The average Bonchev–Trinajstić information content (AvgIpc) is 2.45. The summed E-state index contributed by atoms with van der Waals surface area (Å²) in [5.41, 5.74) is 0.876. The molecule has 112 valence electrons. The van der Waals surface area contributed by atoms with E-state index >= 15 is 0 Å². The molecule has 3 nitrogen and oxygen atoms in total. The SMILES string of the molecule is CCCNCc1nc(OC2CCCCC2C)ccc1Cl. The van der Waals surface area contributed by atoms with E-state index in [1.54, 1.807) is 0 Å². The Labute approximate surface area is 127 Å².